The topological polar surface area (TPSA) is 100 Å². The van der Waals surface area contributed by atoms with E-state index in [9.17, 15) is 9.59 Å². The number of anilines is 1. The Bertz CT molecular complexity index is 859. The minimum Gasteiger partial charge on any atom is -0.493 e. The highest BCUT2D eigenvalue weighted by Crippen LogP contribution is 2.27. The Morgan fingerprint density at radius 3 is 2.48 bits per heavy atom. The molecule has 0 aliphatic rings. The van der Waals surface area contributed by atoms with Crippen LogP contribution >= 0.6 is 0 Å². The number of nitrogens with zero attached hydrogens (tertiary/aromatic N) is 1. The molecular formula is C20H21N3O4. The molecule has 0 bridgehead atoms. The van der Waals surface area contributed by atoms with Gasteiger partial charge in [0.05, 0.1) is 26.7 Å². The van der Waals surface area contributed by atoms with Crippen LogP contribution in [0, 0.1) is 11.3 Å². The first-order chi connectivity index (χ1) is 13.0. The normalized spacial score (nSPS) is 9.81. The maximum Gasteiger partial charge on any atom is 0.238 e. The van der Waals surface area contributed by atoms with E-state index in [0.29, 0.717) is 23.7 Å². The van der Waals surface area contributed by atoms with E-state index in [1.165, 1.54) is 0 Å². The average Bonchev–Trinajstić information content (AvgIpc) is 2.66. The van der Waals surface area contributed by atoms with Crippen LogP contribution in [0.5, 0.6) is 11.5 Å². The Hall–Kier alpha value is -3.53. The number of hydrogen-bond acceptors (Lipinski definition) is 5. The van der Waals surface area contributed by atoms with Crippen molar-refractivity contribution in [1.82, 2.24) is 5.32 Å². The molecule has 0 aliphatic carbocycles. The van der Waals surface area contributed by atoms with Crippen molar-refractivity contribution in [3.63, 3.8) is 0 Å². The summed E-state index contributed by atoms with van der Waals surface area (Å²) < 4.78 is 10.4. The van der Waals surface area contributed by atoms with E-state index in [2.05, 4.69) is 10.6 Å². The van der Waals surface area contributed by atoms with Gasteiger partial charge in [-0.3, -0.25) is 9.59 Å². The number of ether oxygens (including phenoxy) is 2. The third-order valence-electron chi connectivity index (χ3n) is 3.75. The van der Waals surface area contributed by atoms with E-state index >= 15 is 0 Å². The minimum atomic E-state index is -0.368. The molecule has 0 fully saturated rings. The molecule has 0 saturated heterocycles. The van der Waals surface area contributed by atoms with Gasteiger partial charge >= 0.3 is 0 Å². The number of nitrogens with one attached hydrogen (secondary N) is 2. The first kappa shape index (κ1) is 19.8. The Morgan fingerprint density at radius 2 is 1.78 bits per heavy atom. The number of carbonyl (C=O) groups is 2. The van der Waals surface area contributed by atoms with E-state index in [1.54, 1.807) is 50.6 Å². The molecule has 7 nitrogen and oxygen atoms in total. The first-order valence-corrected chi connectivity index (χ1v) is 8.29. The summed E-state index contributed by atoms with van der Waals surface area (Å²) in [7, 11) is 3.10. The van der Waals surface area contributed by atoms with Gasteiger partial charge in [0.1, 0.15) is 6.42 Å². The number of hydrogen-bond donors (Lipinski definition) is 2. The molecule has 2 aromatic rings. The van der Waals surface area contributed by atoms with Crippen LogP contribution in [0.25, 0.3) is 0 Å². The van der Waals surface area contributed by atoms with Crippen LogP contribution in [0.15, 0.2) is 42.5 Å². The van der Waals surface area contributed by atoms with Gasteiger partial charge in [0, 0.05) is 12.2 Å². The lowest BCUT2D eigenvalue weighted by Crippen LogP contribution is -2.24. The zero-order valence-corrected chi connectivity index (χ0v) is 15.2. The van der Waals surface area contributed by atoms with Crippen LogP contribution in [0.3, 0.4) is 0 Å². The number of amides is 2. The summed E-state index contributed by atoms with van der Waals surface area (Å²) in [6.07, 6.45) is 0.00520. The van der Waals surface area contributed by atoms with Gasteiger partial charge in [-0.25, -0.2) is 0 Å². The predicted octanol–water partition coefficient (Wildman–Crippen LogP) is 2.41. The van der Waals surface area contributed by atoms with E-state index in [4.69, 9.17) is 14.7 Å². The molecule has 0 heterocycles. The Kier molecular flexibility index (Phi) is 7.20. The zero-order valence-electron chi connectivity index (χ0n) is 15.2. The Labute approximate surface area is 157 Å². The summed E-state index contributed by atoms with van der Waals surface area (Å²) in [6.45, 7) is 0.327. The summed E-state index contributed by atoms with van der Waals surface area (Å²) in [5.74, 6) is 0.675. The Balaban J connectivity index is 1.92. The van der Waals surface area contributed by atoms with E-state index in [0.717, 1.165) is 11.1 Å². The molecule has 0 aromatic heterocycles. The van der Waals surface area contributed by atoms with Crippen LogP contribution in [0.2, 0.25) is 0 Å². The van der Waals surface area contributed by atoms with Crippen molar-refractivity contribution in [3.05, 3.63) is 53.6 Å². The molecule has 2 N–H and O–H groups in total. The lowest BCUT2D eigenvalue weighted by Gasteiger charge is -2.10. The molecule has 0 aliphatic heterocycles. The highest BCUT2D eigenvalue weighted by atomic mass is 16.5. The fraction of sp³-hybridized carbons (Fsp3) is 0.250. The summed E-state index contributed by atoms with van der Waals surface area (Å²) in [5, 5.41) is 14.0. The van der Waals surface area contributed by atoms with Crippen molar-refractivity contribution < 1.29 is 19.1 Å². The van der Waals surface area contributed by atoms with Gasteiger partial charge in [-0.05, 0) is 35.4 Å². The van der Waals surface area contributed by atoms with Gasteiger partial charge in [-0.1, -0.05) is 18.2 Å². The molecule has 0 radical (unpaired) electrons. The highest BCUT2D eigenvalue weighted by Gasteiger charge is 2.09. The highest BCUT2D eigenvalue weighted by molar-refractivity contribution is 5.92. The second-order valence-electron chi connectivity index (χ2n) is 5.73. The third kappa shape index (κ3) is 6.04. The SMILES string of the molecule is COc1ccc(CC(=O)NCc2cccc(NC(=O)CC#N)c2)cc1OC. The second kappa shape index (κ2) is 9.82. The zero-order chi connectivity index (χ0) is 19.6. The maximum atomic E-state index is 12.2. The van der Waals surface area contributed by atoms with Crippen molar-refractivity contribution in [2.45, 2.75) is 19.4 Å². The fourth-order valence-corrected chi connectivity index (χ4v) is 2.48. The standard InChI is InChI=1S/C20H21N3O4/c1-26-17-7-6-14(11-18(17)27-2)12-20(25)22-13-15-4-3-5-16(10-15)23-19(24)8-9-21/h3-7,10-11H,8,12-13H2,1-2H3,(H,22,25)(H,23,24). The quantitative estimate of drug-likeness (QED) is 0.746. The van der Waals surface area contributed by atoms with E-state index in [-0.39, 0.29) is 24.7 Å². The molecule has 0 saturated carbocycles. The molecule has 27 heavy (non-hydrogen) atoms. The Morgan fingerprint density at radius 1 is 1.00 bits per heavy atom. The third-order valence-corrected chi connectivity index (χ3v) is 3.75. The van der Waals surface area contributed by atoms with Crippen molar-refractivity contribution in [3.8, 4) is 17.6 Å². The van der Waals surface area contributed by atoms with Gasteiger partial charge in [0.2, 0.25) is 11.8 Å². The predicted molar refractivity (Wildman–Crippen MR) is 100 cm³/mol. The van der Waals surface area contributed by atoms with Gasteiger partial charge in [0.25, 0.3) is 0 Å². The number of benzene rings is 2. The van der Waals surface area contributed by atoms with Crippen LogP contribution in [-0.4, -0.2) is 26.0 Å². The molecule has 140 valence electrons. The number of nitriles is 1. The van der Waals surface area contributed by atoms with Gasteiger partial charge < -0.3 is 20.1 Å². The summed E-state index contributed by atoms with van der Waals surface area (Å²) in [4.78, 5) is 23.7. The van der Waals surface area contributed by atoms with E-state index < -0.39 is 0 Å². The monoisotopic (exact) mass is 367 g/mol. The van der Waals surface area contributed by atoms with Crippen molar-refractivity contribution in [1.29, 1.82) is 5.26 Å². The van der Waals surface area contributed by atoms with Gasteiger partial charge in [-0.2, -0.15) is 5.26 Å². The molecule has 7 heteroatoms. The lowest BCUT2D eigenvalue weighted by atomic mass is 10.1. The van der Waals surface area contributed by atoms with Crippen LogP contribution in [0.1, 0.15) is 17.5 Å². The van der Waals surface area contributed by atoms with Crippen LogP contribution in [0.4, 0.5) is 5.69 Å². The fourth-order valence-electron chi connectivity index (χ4n) is 2.48. The van der Waals surface area contributed by atoms with Crippen molar-refractivity contribution in [2.24, 2.45) is 0 Å². The molecule has 2 amide bonds. The maximum absolute atomic E-state index is 12.2. The average molecular weight is 367 g/mol. The molecular weight excluding hydrogens is 346 g/mol. The summed E-state index contributed by atoms with van der Waals surface area (Å²) in [5.41, 5.74) is 2.23. The van der Waals surface area contributed by atoms with Gasteiger partial charge in [0.15, 0.2) is 11.5 Å². The molecule has 0 atom stereocenters. The lowest BCUT2D eigenvalue weighted by molar-refractivity contribution is -0.120. The number of rotatable bonds is 8. The van der Waals surface area contributed by atoms with Gasteiger partial charge in [-0.15, -0.1) is 0 Å². The van der Waals surface area contributed by atoms with Crippen LogP contribution in [-0.2, 0) is 22.6 Å². The molecule has 0 spiro atoms. The summed E-state index contributed by atoms with van der Waals surface area (Å²) in [6, 6.07) is 14.2. The minimum absolute atomic E-state index is 0.138. The smallest absolute Gasteiger partial charge is 0.238 e. The van der Waals surface area contributed by atoms with Crippen LogP contribution < -0.4 is 20.1 Å². The van der Waals surface area contributed by atoms with Crippen molar-refractivity contribution in [2.75, 3.05) is 19.5 Å². The molecule has 0 unspecified atom stereocenters. The summed E-state index contributed by atoms with van der Waals surface area (Å²) >= 11 is 0. The number of methoxy groups -OCH3 is 2. The van der Waals surface area contributed by atoms with Crippen molar-refractivity contribution >= 4 is 17.5 Å². The second-order valence-corrected chi connectivity index (χ2v) is 5.73. The first-order valence-electron chi connectivity index (χ1n) is 8.29. The number of carbonyl (C=O) groups excluding carboxylic acids is 2. The molecule has 2 rings (SSSR count). The van der Waals surface area contributed by atoms with E-state index in [1.807, 2.05) is 12.1 Å². The molecule has 2 aromatic carbocycles. The largest absolute Gasteiger partial charge is 0.493 e.